The molecule has 0 aliphatic carbocycles. The van der Waals surface area contributed by atoms with Gasteiger partial charge in [-0.2, -0.15) is 0 Å². The van der Waals surface area contributed by atoms with Gasteiger partial charge >= 0.3 is 0 Å². The van der Waals surface area contributed by atoms with Gasteiger partial charge in [0, 0.05) is 35.6 Å². The number of rotatable bonds is 4. The Morgan fingerprint density at radius 3 is 2.75 bits per heavy atom. The summed E-state index contributed by atoms with van der Waals surface area (Å²) in [6.45, 7) is 2.99. The minimum absolute atomic E-state index is 0.0290. The lowest BCUT2D eigenvalue weighted by atomic mass is 10.0. The summed E-state index contributed by atoms with van der Waals surface area (Å²) in [5, 5.41) is 0. The Labute approximate surface area is 163 Å². The second kappa shape index (κ2) is 7.76. The molecule has 28 heavy (non-hydrogen) atoms. The normalized spacial score (nSPS) is 13.2. The zero-order chi connectivity index (χ0) is 19.5. The van der Waals surface area contributed by atoms with Crippen molar-refractivity contribution in [3.63, 3.8) is 0 Å². The van der Waals surface area contributed by atoms with Crippen LogP contribution >= 0.6 is 0 Å². The van der Waals surface area contributed by atoms with Crippen LogP contribution in [0.5, 0.6) is 0 Å². The van der Waals surface area contributed by atoms with E-state index in [0.717, 1.165) is 18.4 Å². The summed E-state index contributed by atoms with van der Waals surface area (Å²) in [4.78, 5) is 38.7. The van der Waals surface area contributed by atoms with Gasteiger partial charge in [-0.15, -0.1) is 0 Å². The van der Waals surface area contributed by atoms with Gasteiger partial charge in [-0.3, -0.25) is 14.6 Å². The number of carbonyl (C=O) groups is 1. The Balaban J connectivity index is 1.59. The first-order chi connectivity index (χ1) is 13.7. The van der Waals surface area contributed by atoms with Crippen molar-refractivity contribution in [1.82, 2.24) is 19.9 Å². The fourth-order valence-electron chi connectivity index (χ4n) is 3.54. The van der Waals surface area contributed by atoms with Gasteiger partial charge in [0.05, 0.1) is 12.2 Å². The predicted octanol–water partition coefficient (Wildman–Crippen LogP) is 2.98. The summed E-state index contributed by atoms with van der Waals surface area (Å²) >= 11 is 0. The number of hydrogen-bond donors (Lipinski definition) is 1. The van der Waals surface area contributed by atoms with E-state index < -0.39 is 0 Å². The van der Waals surface area contributed by atoms with E-state index in [-0.39, 0.29) is 11.5 Å². The summed E-state index contributed by atoms with van der Waals surface area (Å²) < 4.78 is 0. The van der Waals surface area contributed by atoms with Crippen LogP contribution in [0, 0.1) is 0 Å². The molecule has 0 fully saturated rings. The van der Waals surface area contributed by atoms with Gasteiger partial charge < -0.3 is 9.88 Å². The zero-order valence-electron chi connectivity index (χ0n) is 15.8. The van der Waals surface area contributed by atoms with Crippen LogP contribution in [0.25, 0.3) is 11.4 Å². The molecule has 0 unspecified atom stereocenters. The Bertz CT molecular complexity index is 1040. The van der Waals surface area contributed by atoms with E-state index in [1.807, 2.05) is 30.3 Å². The minimum Gasteiger partial charge on any atom is -0.332 e. The molecule has 0 radical (unpaired) electrons. The van der Waals surface area contributed by atoms with E-state index in [9.17, 15) is 9.59 Å². The maximum atomic E-state index is 12.9. The molecular weight excluding hydrogens is 352 g/mol. The number of carbonyl (C=O) groups excluding carboxylic acids is 1. The number of pyridine rings is 1. The maximum absolute atomic E-state index is 12.9. The number of aromatic nitrogens is 3. The molecule has 1 N–H and O–H groups in total. The fourth-order valence-corrected chi connectivity index (χ4v) is 3.54. The first kappa shape index (κ1) is 18.1. The third-order valence-corrected chi connectivity index (χ3v) is 5.04. The molecule has 0 bridgehead atoms. The van der Waals surface area contributed by atoms with Gasteiger partial charge in [0.25, 0.3) is 11.5 Å². The van der Waals surface area contributed by atoms with E-state index >= 15 is 0 Å². The first-order valence-corrected chi connectivity index (χ1v) is 9.56. The van der Waals surface area contributed by atoms with E-state index in [0.29, 0.717) is 42.2 Å². The van der Waals surface area contributed by atoms with Crippen molar-refractivity contribution in [3.05, 3.63) is 81.5 Å². The van der Waals surface area contributed by atoms with Crippen molar-refractivity contribution >= 4 is 5.91 Å². The Kier molecular flexibility index (Phi) is 5.02. The van der Waals surface area contributed by atoms with Crippen LogP contribution in [0.15, 0.2) is 53.6 Å². The molecule has 142 valence electrons. The summed E-state index contributed by atoms with van der Waals surface area (Å²) in [5.41, 5.74) is 3.83. The third kappa shape index (κ3) is 3.58. The van der Waals surface area contributed by atoms with Gasteiger partial charge in [-0.1, -0.05) is 25.5 Å². The molecule has 3 heterocycles. The summed E-state index contributed by atoms with van der Waals surface area (Å²) in [6, 6.07) is 11.4. The summed E-state index contributed by atoms with van der Waals surface area (Å²) in [6.07, 6.45) is 5.93. The SMILES string of the molecule is CCCc1ccc(C(=O)N2CCc3c(nc(-c4cccnc4)[nH]c3=O)C2)cc1. The van der Waals surface area contributed by atoms with E-state index in [1.54, 1.807) is 23.4 Å². The van der Waals surface area contributed by atoms with Crippen molar-refractivity contribution in [1.29, 1.82) is 0 Å². The number of amides is 1. The van der Waals surface area contributed by atoms with Crippen LogP contribution in [-0.2, 0) is 19.4 Å². The summed E-state index contributed by atoms with van der Waals surface area (Å²) in [7, 11) is 0. The van der Waals surface area contributed by atoms with E-state index in [4.69, 9.17) is 0 Å². The molecule has 0 atom stereocenters. The van der Waals surface area contributed by atoms with Gasteiger partial charge in [-0.05, 0) is 42.7 Å². The molecule has 1 amide bonds. The van der Waals surface area contributed by atoms with Crippen LogP contribution in [0.2, 0.25) is 0 Å². The topological polar surface area (TPSA) is 79.0 Å². The minimum atomic E-state index is -0.139. The highest BCUT2D eigenvalue weighted by Crippen LogP contribution is 2.20. The lowest BCUT2D eigenvalue weighted by Gasteiger charge is -2.28. The predicted molar refractivity (Wildman–Crippen MR) is 107 cm³/mol. The molecule has 4 rings (SSSR count). The molecule has 1 aliphatic rings. The smallest absolute Gasteiger partial charge is 0.254 e. The van der Waals surface area contributed by atoms with Crippen LogP contribution in [0.1, 0.15) is 40.5 Å². The standard InChI is InChI=1S/C22H22N4O2/c1-2-4-15-6-8-16(9-7-15)22(28)26-12-10-18-19(14-26)24-20(25-21(18)27)17-5-3-11-23-13-17/h3,5-9,11,13H,2,4,10,12,14H2,1H3,(H,24,25,27). The number of nitrogens with zero attached hydrogens (tertiary/aromatic N) is 3. The second-order valence-corrected chi connectivity index (χ2v) is 7.01. The molecule has 6 nitrogen and oxygen atoms in total. The lowest BCUT2D eigenvalue weighted by Crippen LogP contribution is -2.39. The summed E-state index contributed by atoms with van der Waals surface area (Å²) in [5.74, 6) is 0.453. The van der Waals surface area contributed by atoms with Gasteiger partial charge in [0.1, 0.15) is 5.82 Å². The van der Waals surface area contributed by atoms with Crippen LogP contribution < -0.4 is 5.56 Å². The number of hydrogen-bond acceptors (Lipinski definition) is 4. The largest absolute Gasteiger partial charge is 0.332 e. The molecule has 0 saturated carbocycles. The first-order valence-electron chi connectivity index (χ1n) is 9.56. The number of aryl methyl sites for hydroxylation is 1. The number of aromatic amines is 1. The van der Waals surface area contributed by atoms with Gasteiger partial charge in [0.15, 0.2) is 0 Å². The third-order valence-electron chi connectivity index (χ3n) is 5.04. The van der Waals surface area contributed by atoms with Gasteiger partial charge in [0.2, 0.25) is 0 Å². The van der Waals surface area contributed by atoms with Crippen LogP contribution in [0.4, 0.5) is 0 Å². The van der Waals surface area contributed by atoms with Crippen LogP contribution in [0.3, 0.4) is 0 Å². The molecular formula is C22H22N4O2. The van der Waals surface area contributed by atoms with Crippen molar-refractivity contribution in [2.24, 2.45) is 0 Å². The second-order valence-electron chi connectivity index (χ2n) is 7.01. The van der Waals surface area contributed by atoms with Crippen LogP contribution in [-0.4, -0.2) is 32.3 Å². The average molecular weight is 374 g/mol. The van der Waals surface area contributed by atoms with Crippen molar-refractivity contribution in [3.8, 4) is 11.4 Å². The molecule has 2 aromatic heterocycles. The van der Waals surface area contributed by atoms with E-state index in [2.05, 4.69) is 21.9 Å². The van der Waals surface area contributed by atoms with Crippen molar-refractivity contribution in [2.45, 2.75) is 32.7 Å². The van der Waals surface area contributed by atoms with Crippen molar-refractivity contribution < 1.29 is 4.79 Å². The van der Waals surface area contributed by atoms with E-state index in [1.165, 1.54) is 5.56 Å². The Hall–Kier alpha value is -3.28. The lowest BCUT2D eigenvalue weighted by molar-refractivity contribution is 0.0731. The average Bonchev–Trinajstić information content (AvgIpc) is 2.74. The maximum Gasteiger partial charge on any atom is 0.254 e. The highest BCUT2D eigenvalue weighted by Gasteiger charge is 2.25. The zero-order valence-corrected chi connectivity index (χ0v) is 15.8. The molecule has 0 spiro atoms. The molecule has 1 aliphatic heterocycles. The molecule has 3 aromatic rings. The van der Waals surface area contributed by atoms with Gasteiger partial charge in [-0.25, -0.2) is 4.98 Å². The fraction of sp³-hybridized carbons (Fsp3) is 0.273. The molecule has 0 saturated heterocycles. The Morgan fingerprint density at radius 1 is 1.21 bits per heavy atom. The highest BCUT2D eigenvalue weighted by atomic mass is 16.2. The number of nitrogens with one attached hydrogen (secondary N) is 1. The highest BCUT2D eigenvalue weighted by molar-refractivity contribution is 5.94. The van der Waals surface area contributed by atoms with Crippen molar-refractivity contribution in [2.75, 3.05) is 6.54 Å². The number of H-pyrrole nitrogens is 1. The molecule has 1 aromatic carbocycles. The molecule has 6 heteroatoms. The number of fused-ring (bicyclic) bond motifs is 1. The monoisotopic (exact) mass is 374 g/mol. The quantitative estimate of drug-likeness (QED) is 0.761. The Morgan fingerprint density at radius 2 is 2.04 bits per heavy atom. The number of benzene rings is 1.